The number of ether oxygens (including phenoxy) is 1. The van der Waals surface area contributed by atoms with Gasteiger partial charge in [-0.3, -0.25) is 4.79 Å². The van der Waals surface area contributed by atoms with Gasteiger partial charge in [0.05, 0.1) is 12.7 Å². The molecule has 0 unspecified atom stereocenters. The van der Waals surface area contributed by atoms with E-state index in [1.807, 2.05) is 0 Å². The first-order valence-corrected chi connectivity index (χ1v) is 4.52. The highest BCUT2D eigenvalue weighted by Crippen LogP contribution is 2.13. The van der Waals surface area contributed by atoms with E-state index in [2.05, 4.69) is 16.6 Å². The van der Waals surface area contributed by atoms with E-state index < -0.39 is 11.8 Å². The number of esters is 1. The van der Waals surface area contributed by atoms with E-state index >= 15 is 0 Å². The molecule has 0 bridgehead atoms. The van der Waals surface area contributed by atoms with Crippen LogP contribution >= 0.6 is 11.6 Å². The van der Waals surface area contributed by atoms with Crippen molar-refractivity contribution in [1.82, 2.24) is 0 Å². The molecule has 0 aliphatic rings. The van der Waals surface area contributed by atoms with Crippen molar-refractivity contribution in [2.24, 2.45) is 0 Å². The highest BCUT2D eigenvalue weighted by atomic mass is 35.5. The second-order valence-corrected chi connectivity index (χ2v) is 3.12. The largest absolute Gasteiger partial charge is 0.468 e. The summed E-state index contributed by atoms with van der Waals surface area (Å²) in [6.45, 7) is 0. The molecule has 0 atom stereocenters. The van der Waals surface area contributed by atoms with Gasteiger partial charge in [-0.1, -0.05) is 23.4 Å². The summed E-state index contributed by atoms with van der Waals surface area (Å²) in [6, 6.07) is 4.06. The van der Waals surface area contributed by atoms with Crippen LogP contribution < -0.4 is 0 Å². The third-order valence-electron chi connectivity index (χ3n) is 1.61. The predicted molar refractivity (Wildman–Crippen MR) is 54.9 cm³/mol. The lowest BCUT2D eigenvalue weighted by atomic mass is 10.2. The van der Waals surface area contributed by atoms with Crippen LogP contribution in [0.15, 0.2) is 18.2 Å². The van der Waals surface area contributed by atoms with Crippen LogP contribution in [0.1, 0.15) is 12.0 Å². The van der Waals surface area contributed by atoms with Crippen LogP contribution in [0.3, 0.4) is 0 Å². The summed E-state index contributed by atoms with van der Waals surface area (Å²) in [6.07, 6.45) is -0.0670. The van der Waals surface area contributed by atoms with Gasteiger partial charge in [-0.25, -0.2) is 4.39 Å². The zero-order chi connectivity index (χ0) is 11.3. The third-order valence-corrected chi connectivity index (χ3v) is 1.85. The van der Waals surface area contributed by atoms with Gasteiger partial charge in [0, 0.05) is 5.02 Å². The van der Waals surface area contributed by atoms with Crippen molar-refractivity contribution in [2.75, 3.05) is 7.11 Å². The van der Waals surface area contributed by atoms with Gasteiger partial charge < -0.3 is 4.74 Å². The van der Waals surface area contributed by atoms with Gasteiger partial charge in [0.2, 0.25) is 0 Å². The molecule has 0 aliphatic heterocycles. The van der Waals surface area contributed by atoms with Crippen molar-refractivity contribution in [3.63, 3.8) is 0 Å². The molecule has 0 saturated heterocycles. The van der Waals surface area contributed by atoms with Crippen molar-refractivity contribution in [1.29, 1.82) is 0 Å². The summed E-state index contributed by atoms with van der Waals surface area (Å²) in [5, 5.41) is 0.402. The van der Waals surface area contributed by atoms with Crippen molar-refractivity contribution < 1.29 is 13.9 Å². The molecule has 15 heavy (non-hydrogen) atoms. The molecule has 0 radical (unpaired) electrons. The molecule has 0 aliphatic carbocycles. The van der Waals surface area contributed by atoms with Gasteiger partial charge in [0.15, 0.2) is 0 Å². The zero-order valence-electron chi connectivity index (χ0n) is 8.01. The van der Waals surface area contributed by atoms with E-state index in [9.17, 15) is 9.18 Å². The fourth-order valence-electron chi connectivity index (χ4n) is 0.877. The normalized spacial score (nSPS) is 9.00. The van der Waals surface area contributed by atoms with E-state index in [1.165, 1.54) is 25.3 Å². The van der Waals surface area contributed by atoms with Crippen molar-refractivity contribution in [3.8, 4) is 11.8 Å². The Hall–Kier alpha value is -1.53. The average molecular weight is 227 g/mol. The molecule has 4 heteroatoms. The van der Waals surface area contributed by atoms with Crippen LogP contribution in [-0.4, -0.2) is 13.1 Å². The average Bonchev–Trinajstić information content (AvgIpc) is 2.23. The maximum atomic E-state index is 13.1. The fraction of sp³-hybridized carbons (Fsp3) is 0.182. The second-order valence-electron chi connectivity index (χ2n) is 2.68. The summed E-state index contributed by atoms with van der Waals surface area (Å²) < 4.78 is 17.5. The van der Waals surface area contributed by atoms with Crippen molar-refractivity contribution in [3.05, 3.63) is 34.6 Å². The lowest BCUT2D eigenvalue weighted by molar-refractivity contribution is -0.139. The highest BCUT2D eigenvalue weighted by Gasteiger charge is 1.99. The summed E-state index contributed by atoms with van der Waals surface area (Å²) in [5.41, 5.74) is 0.173. The number of hydrogen-bond acceptors (Lipinski definition) is 2. The van der Waals surface area contributed by atoms with E-state index in [1.54, 1.807) is 0 Å². The summed E-state index contributed by atoms with van der Waals surface area (Å²) in [7, 11) is 1.27. The van der Waals surface area contributed by atoms with Gasteiger partial charge >= 0.3 is 5.97 Å². The topological polar surface area (TPSA) is 26.3 Å². The van der Waals surface area contributed by atoms with Crippen molar-refractivity contribution in [2.45, 2.75) is 6.42 Å². The van der Waals surface area contributed by atoms with E-state index in [4.69, 9.17) is 11.6 Å². The second kappa shape index (κ2) is 5.38. The van der Waals surface area contributed by atoms with Crippen LogP contribution in [-0.2, 0) is 9.53 Å². The molecule has 1 aromatic rings. The summed E-state index contributed by atoms with van der Waals surface area (Å²) in [5.74, 6) is 4.09. The molecule has 78 valence electrons. The Balaban J connectivity index is 2.79. The van der Waals surface area contributed by atoms with Crippen LogP contribution in [0.25, 0.3) is 0 Å². The molecule has 1 rings (SSSR count). The number of carbonyl (C=O) groups is 1. The lowest BCUT2D eigenvalue weighted by Gasteiger charge is -1.94. The van der Waals surface area contributed by atoms with Crippen LogP contribution in [0.2, 0.25) is 5.02 Å². The van der Waals surface area contributed by atoms with Crippen LogP contribution in [0, 0.1) is 17.7 Å². The van der Waals surface area contributed by atoms with Gasteiger partial charge in [0.25, 0.3) is 0 Å². The number of halogens is 2. The molecule has 0 N–H and O–H groups in total. The molecule has 0 heterocycles. The van der Waals surface area contributed by atoms with E-state index in [0.29, 0.717) is 5.02 Å². The number of methoxy groups -OCH3 is 1. The molecule has 2 nitrogen and oxygen atoms in total. The predicted octanol–water partition coefficient (Wildman–Crippen LogP) is 2.39. The Morgan fingerprint density at radius 1 is 1.60 bits per heavy atom. The molecule has 1 aromatic carbocycles. The van der Waals surface area contributed by atoms with Crippen LogP contribution in [0.4, 0.5) is 4.39 Å². The van der Waals surface area contributed by atoms with Gasteiger partial charge in [-0.2, -0.15) is 0 Å². The zero-order valence-corrected chi connectivity index (χ0v) is 8.77. The smallest absolute Gasteiger partial charge is 0.317 e. The maximum Gasteiger partial charge on any atom is 0.317 e. The van der Waals surface area contributed by atoms with Gasteiger partial charge in [0.1, 0.15) is 12.2 Å². The molecule has 0 saturated carbocycles. The molecular formula is C11H8ClFO2. The summed E-state index contributed by atoms with van der Waals surface area (Å²) in [4.78, 5) is 10.7. The van der Waals surface area contributed by atoms with Crippen molar-refractivity contribution >= 4 is 17.6 Å². The highest BCUT2D eigenvalue weighted by molar-refractivity contribution is 6.30. The Kier molecular flexibility index (Phi) is 4.14. The molecule has 0 fully saturated rings. The number of hydrogen-bond donors (Lipinski definition) is 0. The number of rotatable bonds is 1. The van der Waals surface area contributed by atoms with Gasteiger partial charge in [-0.05, 0) is 18.2 Å². The minimum Gasteiger partial charge on any atom is -0.468 e. The maximum absolute atomic E-state index is 13.1. The summed E-state index contributed by atoms with van der Waals surface area (Å²) >= 11 is 5.66. The molecular weight excluding hydrogens is 219 g/mol. The number of benzene rings is 1. The first kappa shape index (κ1) is 11.5. The number of carbonyl (C=O) groups excluding carboxylic acids is 1. The van der Waals surface area contributed by atoms with E-state index in [-0.39, 0.29) is 12.0 Å². The van der Waals surface area contributed by atoms with E-state index in [0.717, 1.165) is 0 Å². The third kappa shape index (κ3) is 3.61. The lowest BCUT2D eigenvalue weighted by Crippen LogP contribution is -1.97. The Bertz CT molecular complexity index is 432. The Morgan fingerprint density at radius 2 is 2.33 bits per heavy atom. The Morgan fingerprint density at radius 3 is 3.00 bits per heavy atom. The monoisotopic (exact) mass is 226 g/mol. The molecule has 0 spiro atoms. The Labute approximate surface area is 92.0 Å². The fourth-order valence-corrected chi connectivity index (χ4v) is 1.05. The molecule has 0 amide bonds. The SMILES string of the molecule is COC(=O)CC#Cc1cc(Cl)ccc1F. The minimum atomic E-state index is -0.461. The minimum absolute atomic E-state index is 0.0670. The quantitative estimate of drug-likeness (QED) is 0.543. The molecule has 0 aromatic heterocycles. The standard InChI is InChI=1S/C11H8ClFO2/c1-15-11(14)4-2-3-8-7-9(12)5-6-10(8)13/h5-7H,4H2,1H3. The first-order valence-electron chi connectivity index (χ1n) is 4.14. The van der Waals surface area contributed by atoms with Crippen LogP contribution in [0.5, 0.6) is 0 Å². The first-order chi connectivity index (χ1) is 7.13. The van der Waals surface area contributed by atoms with Gasteiger partial charge in [-0.15, -0.1) is 0 Å².